The molecule has 3 heterocycles. The molecule has 1 aromatic rings. The summed E-state index contributed by atoms with van der Waals surface area (Å²) in [6, 6.07) is -0.122. The fraction of sp³-hybridized carbons (Fsp3) is 0.643. The predicted octanol–water partition coefficient (Wildman–Crippen LogP) is 0.702. The molecule has 0 aliphatic carbocycles. The first-order chi connectivity index (χ1) is 10.5. The van der Waals surface area contributed by atoms with Crippen molar-refractivity contribution < 1.29 is 13.2 Å². The van der Waals surface area contributed by atoms with E-state index in [-0.39, 0.29) is 23.5 Å². The van der Waals surface area contributed by atoms with Crippen molar-refractivity contribution in [3.63, 3.8) is 0 Å². The Kier molecular flexibility index (Phi) is 4.28. The minimum atomic E-state index is -2.92. The van der Waals surface area contributed by atoms with Crippen LogP contribution in [0.1, 0.15) is 36.2 Å². The van der Waals surface area contributed by atoms with Gasteiger partial charge in [0.05, 0.1) is 23.9 Å². The molecule has 0 spiro atoms. The van der Waals surface area contributed by atoms with Crippen LogP contribution >= 0.6 is 0 Å². The number of hydrogen-bond acceptors (Lipinski definition) is 6. The third kappa shape index (κ3) is 3.55. The molecule has 2 aliphatic heterocycles. The highest BCUT2D eigenvalue weighted by Gasteiger charge is 2.28. The molecular weight excluding hydrogens is 304 g/mol. The summed E-state index contributed by atoms with van der Waals surface area (Å²) in [5.41, 5.74) is 0.339. The monoisotopic (exact) mass is 324 g/mol. The molecule has 1 aromatic heterocycles. The van der Waals surface area contributed by atoms with Gasteiger partial charge in [0.25, 0.3) is 5.91 Å². The van der Waals surface area contributed by atoms with Crippen LogP contribution in [0.2, 0.25) is 0 Å². The van der Waals surface area contributed by atoms with Gasteiger partial charge in [0.2, 0.25) is 0 Å². The van der Waals surface area contributed by atoms with Crippen LogP contribution in [0.4, 0.5) is 5.82 Å². The van der Waals surface area contributed by atoms with Gasteiger partial charge in [0.15, 0.2) is 9.84 Å². The standard InChI is InChI=1S/C14H20N4O3S/c19-14(18-5-2-1-3-6-18)12-8-16-13(9-15-12)17-11-4-7-22(20,21)10-11/h8-9,11H,1-7,10H2,(H,16,17). The summed E-state index contributed by atoms with van der Waals surface area (Å²) >= 11 is 0. The Morgan fingerprint density at radius 2 is 1.95 bits per heavy atom. The van der Waals surface area contributed by atoms with E-state index in [1.165, 1.54) is 18.8 Å². The number of amides is 1. The van der Waals surface area contributed by atoms with Crippen LogP contribution < -0.4 is 5.32 Å². The molecule has 1 N–H and O–H groups in total. The first-order valence-corrected chi connectivity index (χ1v) is 9.44. The second-order valence-electron chi connectivity index (χ2n) is 5.88. The highest BCUT2D eigenvalue weighted by Crippen LogP contribution is 2.16. The van der Waals surface area contributed by atoms with Gasteiger partial charge in [0.1, 0.15) is 11.5 Å². The van der Waals surface area contributed by atoms with Crippen molar-refractivity contribution in [3.05, 3.63) is 18.1 Å². The van der Waals surface area contributed by atoms with E-state index in [0.717, 1.165) is 25.9 Å². The van der Waals surface area contributed by atoms with E-state index in [9.17, 15) is 13.2 Å². The molecule has 1 unspecified atom stereocenters. The number of hydrogen-bond donors (Lipinski definition) is 1. The van der Waals surface area contributed by atoms with Gasteiger partial charge >= 0.3 is 0 Å². The second-order valence-corrected chi connectivity index (χ2v) is 8.11. The zero-order chi connectivity index (χ0) is 15.6. The maximum atomic E-state index is 12.3. The molecule has 0 saturated carbocycles. The maximum Gasteiger partial charge on any atom is 0.274 e. The smallest absolute Gasteiger partial charge is 0.274 e. The van der Waals surface area contributed by atoms with Crippen molar-refractivity contribution in [2.24, 2.45) is 0 Å². The van der Waals surface area contributed by atoms with Gasteiger partial charge in [-0.25, -0.2) is 18.4 Å². The van der Waals surface area contributed by atoms with Gasteiger partial charge in [-0.1, -0.05) is 0 Å². The van der Waals surface area contributed by atoms with Gasteiger partial charge < -0.3 is 10.2 Å². The summed E-state index contributed by atoms with van der Waals surface area (Å²) in [5, 5.41) is 3.06. The molecule has 1 atom stereocenters. The lowest BCUT2D eigenvalue weighted by Crippen LogP contribution is -2.36. The number of likely N-dealkylation sites (tertiary alicyclic amines) is 1. The van der Waals surface area contributed by atoms with Crippen molar-refractivity contribution in [2.45, 2.75) is 31.7 Å². The molecule has 0 bridgehead atoms. The molecule has 7 nitrogen and oxygen atoms in total. The summed E-state index contributed by atoms with van der Waals surface area (Å²) in [7, 11) is -2.92. The highest BCUT2D eigenvalue weighted by atomic mass is 32.2. The Bertz CT molecular complexity index is 639. The molecule has 0 aromatic carbocycles. The minimum absolute atomic E-state index is 0.0813. The largest absolute Gasteiger partial charge is 0.365 e. The van der Waals surface area contributed by atoms with E-state index in [2.05, 4.69) is 15.3 Å². The van der Waals surface area contributed by atoms with Gasteiger partial charge in [-0.15, -0.1) is 0 Å². The number of piperidine rings is 1. The molecule has 3 rings (SSSR count). The van der Waals surface area contributed by atoms with E-state index < -0.39 is 9.84 Å². The van der Waals surface area contributed by atoms with Crippen molar-refractivity contribution in [3.8, 4) is 0 Å². The van der Waals surface area contributed by atoms with Crippen LogP contribution in [0.3, 0.4) is 0 Å². The summed E-state index contributed by atoms with van der Waals surface area (Å²) < 4.78 is 22.8. The molecule has 2 saturated heterocycles. The number of aromatic nitrogens is 2. The Morgan fingerprint density at radius 3 is 2.55 bits per heavy atom. The molecule has 8 heteroatoms. The summed E-state index contributed by atoms with van der Waals surface area (Å²) in [5.74, 6) is 0.770. The zero-order valence-electron chi connectivity index (χ0n) is 12.4. The van der Waals surface area contributed by atoms with Crippen molar-refractivity contribution >= 4 is 21.6 Å². The number of carbonyl (C=O) groups is 1. The van der Waals surface area contributed by atoms with Gasteiger partial charge in [-0.05, 0) is 25.7 Å². The van der Waals surface area contributed by atoms with Crippen LogP contribution in [0.25, 0.3) is 0 Å². The summed E-state index contributed by atoms with van der Waals surface area (Å²) in [4.78, 5) is 22.4. The van der Waals surface area contributed by atoms with Crippen molar-refractivity contribution in [2.75, 3.05) is 29.9 Å². The summed E-state index contributed by atoms with van der Waals surface area (Å²) in [6.07, 6.45) is 6.79. The summed E-state index contributed by atoms with van der Waals surface area (Å²) in [6.45, 7) is 1.56. The van der Waals surface area contributed by atoms with Crippen LogP contribution in [-0.2, 0) is 9.84 Å². The first kappa shape index (κ1) is 15.2. The van der Waals surface area contributed by atoms with Crippen molar-refractivity contribution in [1.29, 1.82) is 0 Å². The zero-order valence-corrected chi connectivity index (χ0v) is 13.2. The highest BCUT2D eigenvalue weighted by molar-refractivity contribution is 7.91. The lowest BCUT2D eigenvalue weighted by atomic mass is 10.1. The van der Waals surface area contributed by atoms with Crippen LogP contribution in [0.15, 0.2) is 12.4 Å². The van der Waals surface area contributed by atoms with Crippen molar-refractivity contribution in [1.82, 2.24) is 14.9 Å². The second kappa shape index (κ2) is 6.20. The average molecular weight is 324 g/mol. The third-order valence-corrected chi connectivity index (χ3v) is 5.87. The Hall–Kier alpha value is -1.70. The molecule has 2 aliphatic rings. The molecule has 22 heavy (non-hydrogen) atoms. The number of carbonyl (C=O) groups excluding carboxylic acids is 1. The molecule has 120 valence electrons. The van der Waals surface area contributed by atoms with Gasteiger partial charge in [-0.2, -0.15) is 0 Å². The van der Waals surface area contributed by atoms with Gasteiger partial charge in [0, 0.05) is 19.1 Å². The Morgan fingerprint density at radius 1 is 1.18 bits per heavy atom. The van der Waals surface area contributed by atoms with E-state index in [4.69, 9.17) is 0 Å². The van der Waals surface area contributed by atoms with E-state index in [0.29, 0.717) is 17.9 Å². The van der Waals surface area contributed by atoms with E-state index in [1.54, 1.807) is 0 Å². The lowest BCUT2D eigenvalue weighted by Gasteiger charge is -2.26. The van der Waals surface area contributed by atoms with Gasteiger partial charge in [-0.3, -0.25) is 4.79 Å². The number of anilines is 1. The fourth-order valence-electron chi connectivity index (χ4n) is 2.89. The van der Waals surface area contributed by atoms with E-state index >= 15 is 0 Å². The maximum absolute atomic E-state index is 12.3. The number of rotatable bonds is 3. The van der Waals surface area contributed by atoms with E-state index in [1.807, 2.05) is 4.90 Å². The minimum Gasteiger partial charge on any atom is -0.365 e. The van der Waals surface area contributed by atoms with Crippen LogP contribution in [0, 0.1) is 0 Å². The lowest BCUT2D eigenvalue weighted by molar-refractivity contribution is 0.0718. The molecule has 0 radical (unpaired) electrons. The normalized spacial score (nSPS) is 24.2. The predicted molar refractivity (Wildman–Crippen MR) is 82.5 cm³/mol. The molecule has 1 amide bonds. The van der Waals surface area contributed by atoms with Crippen LogP contribution in [0.5, 0.6) is 0 Å². The average Bonchev–Trinajstić information content (AvgIpc) is 2.87. The SMILES string of the molecule is O=C(c1cnc(NC2CCS(=O)(=O)C2)cn1)N1CCCCC1. The number of nitrogens with one attached hydrogen (secondary N) is 1. The first-order valence-electron chi connectivity index (χ1n) is 7.62. The third-order valence-electron chi connectivity index (χ3n) is 4.10. The van der Waals surface area contributed by atoms with Crippen LogP contribution in [-0.4, -0.2) is 59.8 Å². The molecule has 2 fully saturated rings. The topological polar surface area (TPSA) is 92.3 Å². The number of nitrogens with zero attached hydrogens (tertiary/aromatic N) is 3. The Labute approximate surface area is 130 Å². The molecular formula is C14H20N4O3S. The number of sulfone groups is 1. The Balaban J connectivity index is 1.61. The quantitative estimate of drug-likeness (QED) is 0.880. The fourth-order valence-corrected chi connectivity index (χ4v) is 4.56.